The Bertz CT molecular complexity index is 567. The number of rotatable bonds is 2. The fourth-order valence-electron chi connectivity index (χ4n) is 2.25. The van der Waals surface area contributed by atoms with Gasteiger partial charge in [0.05, 0.1) is 12.6 Å². The summed E-state index contributed by atoms with van der Waals surface area (Å²) in [6.07, 6.45) is 1.95. The van der Waals surface area contributed by atoms with Crippen LogP contribution < -0.4 is 0 Å². The number of aliphatic hydroxyl groups is 1. The molecule has 1 aromatic carbocycles. The van der Waals surface area contributed by atoms with Gasteiger partial charge in [0, 0.05) is 17.9 Å². The summed E-state index contributed by atoms with van der Waals surface area (Å²) in [5.41, 5.74) is 1.10. The van der Waals surface area contributed by atoms with Crippen LogP contribution >= 0.6 is 11.6 Å². The number of nitrogens with zero attached hydrogens (tertiary/aromatic N) is 3. The molecule has 0 radical (unpaired) electrons. The summed E-state index contributed by atoms with van der Waals surface area (Å²) in [4.78, 5) is 4.51. The van der Waals surface area contributed by atoms with Crippen LogP contribution in [0.5, 0.6) is 0 Å². The van der Waals surface area contributed by atoms with Crippen LogP contribution in [0.3, 0.4) is 0 Å². The maximum absolute atomic E-state index is 9.59. The van der Waals surface area contributed by atoms with Crippen molar-refractivity contribution in [1.29, 1.82) is 0 Å². The Labute approximate surface area is 110 Å². The molecule has 1 aromatic heterocycles. The van der Waals surface area contributed by atoms with Gasteiger partial charge in [-0.25, -0.2) is 9.67 Å². The van der Waals surface area contributed by atoms with E-state index in [0.29, 0.717) is 13.0 Å². The van der Waals surface area contributed by atoms with Gasteiger partial charge in [0.25, 0.3) is 0 Å². The quantitative estimate of drug-likeness (QED) is 0.899. The second kappa shape index (κ2) is 4.71. The normalized spacial score (nSPS) is 18.7. The van der Waals surface area contributed by atoms with Gasteiger partial charge in [-0.3, -0.25) is 0 Å². The minimum absolute atomic E-state index is 0.293. The van der Waals surface area contributed by atoms with E-state index in [4.69, 9.17) is 11.6 Å². The van der Waals surface area contributed by atoms with Crippen molar-refractivity contribution in [3.8, 4) is 0 Å². The number of aromatic nitrogens is 3. The molecule has 5 heteroatoms. The van der Waals surface area contributed by atoms with Crippen LogP contribution in [0.25, 0.3) is 0 Å². The summed E-state index contributed by atoms with van der Waals surface area (Å²) in [5, 5.41) is 14.7. The average molecular weight is 264 g/mol. The van der Waals surface area contributed by atoms with Crippen LogP contribution in [-0.4, -0.2) is 26.0 Å². The number of fused-ring (bicyclic) bond motifs is 1. The fourth-order valence-corrected chi connectivity index (χ4v) is 2.46. The molecule has 0 amide bonds. The number of halogens is 1. The zero-order valence-corrected chi connectivity index (χ0v) is 10.6. The predicted molar refractivity (Wildman–Crippen MR) is 68.6 cm³/mol. The molecule has 1 aliphatic rings. The Kier molecular flexibility index (Phi) is 3.06. The molecular formula is C13H14ClN3O. The smallest absolute Gasteiger partial charge is 0.155 e. The fraction of sp³-hybridized carbons (Fsp3) is 0.385. The minimum Gasteiger partial charge on any atom is -0.391 e. The molecule has 4 nitrogen and oxygen atoms in total. The van der Waals surface area contributed by atoms with Gasteiger partial charge in [-0.1, -0.05) is 23.7 Å². The lowest BCUT2D eigenvalue weighted by atomic mass is 10.1. The molecule has 2 heterocycles. The number of benzene rings is 1. The lowest BCUT2D eigenvalue weighted by Crippen LogP contribution is -2.25. The zero-order chi connectivity index (χ0) is 12.5. The van der Waals surface area contributed by atoms with Crippen LogP contribution in [0.4, 0.5) is 0 Å². The van der Waals surface area contributed by atoms with Crippen LogP contribution in [0.2, 0.25) is 5.02 Å². The van der Waals surface area contributed by atoms with E-state index >= 15 is 0 Å². The van der Waals surface area contributed by atoms with Gasteiger partial charge in [0.2, 0.25) is 0 Å². The van der Waals surface area contributed by atoms with E-state index in [-0.39, 0.29) is 6.10 Å². The summed E-state index contributed by atoms with van der Waals surface area (Å²) in [7, 11) is 0. The Balaban J connectivity index is 1.82. The first-order chi connectivity index (χ1) is 8.70. The van der Waals surface area contributed by atoms with Crippen molar-refractivity contribution in [2.45, 2.75) is 31.9 Å². The summed E-state index contributed by atoms with van der Waals surface area (Å²) in [6.45, 7) is 0.553. The van der Waals surface area contributed by atoms with Gasteiger partial charge in [0.15, 0.2) is 5.82 Å². The Morgan fingerprint density at radius 2 is 2.33 bits per heavy atom. The Hall–Kier alpha value is -1.39. The molecule has 0 saturated carbocycles. The highest BCUT2D eigenvalue weighted by Gasteiger charge is 2.19. The molecule has 1 unspecified atom stereocenters. The van der Waals surface area contributed by atoms with Crippen molar-refractivity contribution < 1.29 is 5.11 Å². The Morgan fingerprint density at radius 3 is 3.17 bits per heavy atom. The average Bonchev–Trinajstić information content (AvgIpc) is 2.70. The standard InChI is InChI=1S/C13H14ClN3O/c14-10-3-1-2-9(6-10)7-12-15-13-5-4-11(18)8-17(13)16-12/h1-3,6,11,18H,4-5,7-8H2. The van der Waals surface area contributed by atoms with Gasteiger partial charge in [-0.2, -0.15) is 5.10 Å². The molecule has 0 bridgehead atoms. The third-order valence-corrected chi connectivity index (χ3v) is 3.36. The van der Waals surface area contributed by atoms with Gasteiger partial charge in [-0.15, -0.1) is 0 Å². The number of hydrogen-bond acceptors (Lipinski definition) is 3. The van der Waals surface area contributed by atoms with Crippen molar-refractivity contribution in [3.63, 3.8) is 0 Å². The molecule has 3 rings (SSSR count). The summed E-state index contributed by atoms with van der Waals surface area (Å²) < 4.78 is 1.81. The largest absolute Gasteiger partial charge is 0.391 e. The maximum Gasteiger partial charge on any atom is 0.155 e. The highest BCUT2D eigenvalue weighted by molar-refractivity contribution is 6.30. The number of aliphatic hydroxyl groups excluding tert-OH is 1. The van der Waals surface area contributed by atoms with Crippen LogP contribution in [0, 0.1) is 0 Å². The van der Waals surface area contributed by atoms with Crippen molar-refractivity contribution in [2.75, 3.05) is 0 Å². The second-order valence-corrected chi connectivity index (χ2v) is 5.06. The molecule has 0 aliphatic carbocycles. The van der Waals surface area contributed by atoms with Gasteiger partial charge in [-0.05, 0) is 24.1 Å². The highest BCUT2D eigenvalue weighted by atomic mass is 35.5. The van der Waals surface area contributed by atoms with E-state index in [2.05, 4.69) is 10.1 Å². The third kappa shape index (κ3) is 2.40. The first kappa shape index (κ1) is 11.7. The molecule has 94 valence electrons. The summed E-state index contributed by atoms with van der Waals surface area (Å²) in [5.74, 6) is 1.76. The van der Waals surface area contributed by atoms with E-state index in [1.54, 1.807) is 0 Å². The van der Waals surface area contributed by atoms with Gasteiger partial charge >= 0.3 is 0 Å². The topological polar surface area (TPSA) is 50.9 Å². The molecule has 0 saturated heterocycles. The molecular weight excluding hydrogens is 250 g/mol. The first-order valence-electron chi connectivity index (χ1n) is 6.06. The first-order valence-corrected chi connectivity index (χ1v) is 6.43. The summed E-state index contributed by atoms with van der Waals surface area (Å²) in [6, 6.07) is 7.72. The summed E-state index contributed by atoms with van der Waals surface area (Å²) >= 11 is 5.95. The van der Waals surface area contributed by atoms with E-state index in [0.717, 1.165) is 35.1 Å². The van der Waals surface area contributed by atoms with Crippen molar-refractivity contribution in [2.24, 2.45) is 0 Å². The third-order valence-electron chi connectivity index (χ3n) is 3.13. The van der Waals surface area contributed by atoms with E-state index in [9.17, 15) is 5.11 Å². The van der Waals surface area contributed by atoms with Crippen LogP contribution in [0.1, 0.15) is 23.6 Å². The Morgan fingerprint density at radius 1 is 1.44 bits per heavy atom. The molecule has 0 fully saturated rings. The SMILES string of the molecule is OC1CCc2nc(Cc3cccc(Cl)c3)nn2C1. The van der Waals surface area contributed by atoms with Crippen molar-refractivity contribution in [3.05, 3.63) is 46.5 Å². The van der Waals surface area contributed by atoms with Gasteiger partial charge < -0.3 is 5.11 Å². The zero-order valence-electron chi connectivity index (χ0n) is 9.88. The monoisotopic (exact) mass is 263 g/mol. The van der Waals surface area contributed by atoms with E-state index in [1.165, 1.54) is 0 Å². The molecule has 1 atom stereocenters. The molecule has 18 heavy (non-hydrogen) atoms. The number of hydrogen-bond donors (Lipinski definition) is 1. The van der Waals surface area contributed by atoms with Crippen LogP contribution in [0.15, 0.2) is 24.3 Å². The maximum atomic E-state index is 9.59. The molecule has 2 aromatic rings. The lowest BCUT2D eigenvalue weighted by molar-refractivity contribution is 0.124. The van der Waals surface area contributed by atoms with Crippen molar-refractivity contribution >= 4 is 11.6 Å². The molecule has 0 spiro atoms. The predicted octanol–water partition coefficient (Wildman–Crippen LogP) is 1.83. The van der Waals surface area contributed by atoms with Crippen LogP contribution in [-0.2, 0) is 19.4 Å². The number of aryl methyl sites for hydroxylation is 1. The van der Waals surface area contributed by atoms with Crippen molar-refractivity contribution in [1.82, 2.24) is 14.8 Å². The van der Waals surface area contributed by atoms with E-state index < -0.39 is 0 Å². The minimum atomic E-state index is -0.293. The second-order valence-electron chi connectivity index (χ2n) is 4.63. The highest BCUT2D eigenvalue weighted by Crippen LogP contribution is 2.16. The van der Waals surface area contributed by atoms with E-state index in [1.807, 2.05) is 28.9 Å². The molecule has 1 N–H and O–H groups in total. The molecule has 1 aliphatic heterocycles. The van der Waals surface area contributed by atoms with Gasteiger partial charge in [0.1, 0.15) is 5.82 Å². The lowest BCUT2D eigenvalue weighted by Gasteiger charge is -2.16.